The molecular weight excluding hydrogens is 214 g/mol. The Morgan fingerprint density at radius 2 is 2.24 bits per heavy atom. The van der Waals surface area contributed by atoms with E-state index >= 15 is 0 Å². The zero-order chi connectivity index (χ0) is 12.2. The molecule has 3 N–H and O–H groups in total. The van der Waals surface area contributed by atoms with Crippen LogP contribution in [-0.2, 0) is 0 Å². The SMILES string of the molecule is Cc1ncc(C2NCC3C(N)C23)c(N(C)C)n1. The van der Waals surface area contributed by atoms with E-state index in [1.807, 2.05) is 32.1 Å². The van der Waals surface area contributed by atoms with Gasteiger partial charge in [0.1, 0.15) is 11.6 Å². The number of nitrogens with one attached hydrogen (secondary N) is 1. The molecule has 3 rings (SSSR count). The zero-order valence-electron chi connectivity index (χ0n) is 10.5. The smallest absolute Gasteiger partial charge is 0.136 e. The quantitative estimate of drug-likeness (QED) is 0.756. The van der Waals surface area contributed by atoms with Crippen molar-refractivity contribution in [3.8, 4) is 0 Å². The van der Waals surface area contributed by atoms with Crippen molar-refractivity contribution in [2.75, 3.05) is 25.5 Å². The van der Waals surface area contributed by atoms with E-state index in [1.54, 1.807) is 0 Å². The van der Waals surface area contributed by atoms with Crippen molar-refractivity contribution in [3.05, 3.63) is 17.6 Å². The minimum absolute atomic E-state index is 0.327. The monoisotopic (exact) mass is 233 g/mol. The van der Waals surface area contributed by atoms with Gasteiger partial charge in [-0.3, -0.25) is 0 Å². The summed E-state index contributed by atoms with van der Waals surface area (Å²) in [6, 6.07) is 0.686. The van der Waals surface area contributed by atoms with Gasteiger partial charge in [0, 0.05) is 44.5 Å². The molecule has 1 saturated carbocycles. The second kappa shape index (κ2) is 3.65. The lowest BCUT2D eigenvalue weighted by molar-refractivity contribution is 0.533. The first kappa shape index (κ1) is 10.9. The second-order valence-electron chi connectivity index (χ2n) is 5.30. The van der Waals surface area contributed by atoms with Crippen molar-refractivity contribution in [2.24, 2.45) is 17.6 Å². The van der Waals surface area contributed by atoms with Gasteiger partial charge in [-0.15, -0.1) is 0 Å². The van der Waals surface area contributed by atoms with Crippen LogP contribution in [0.5, 0.6) is 0 Å². The Balaban J connectivity index is 1.97. The molecule has 0 radical (unpaired) electrons. The first-order chi connectivity index (χ1) is 8.09. The van der Waals surface area contributed by atoms with E-state index in [1.165, 1.54) is 5.56 Å². The molecule has 1 aliphatic carbocycles. The minimum Gasteiger partial charge on any atom is -0.362 e. The molecule has 4 unspecified atom stereocenters. The van der Waals surface area contributed by atoms with Gasteiger partial charge in [-0.25, -0.2) is 9.97 Å². The molecule has 92 valence electrons. The highest BCUT2D eigenvalue weighted by Crippen LogP contribution is 2.51. The number of hydrogen-bond donors (Lipinski definition) is 2. The number of rotatable bonds is 2. The first-order valence-corrected chi connectivity index (χ1v) is 6.09. The minimum atomic E-state index is 0.327. The third kappa shape index (κ3) is 1.61. The summed E-state index contributed by atoms with van der Waals surface area (Å²) in [5, 5.41) is 3.53. The van der Waals surface area contributed by atoms with Crippen LogP contribution < -0.4 is 16.0 Å². The van der Waals surface area contributed by atoms with E-state index in [0.717, 1.165) is 18.2 Å². The summed E-state index contributed by atoms with van der Waals surface area (Å²) in [5.41, 5.74) is 7.24. The maximum absolute atomic E-state index is 6.06. The number of aromatic nitrogens is 2. The summed E-state index contributed by atoms with van der Waals surface area (Å²) in [6.45, 7) is 2.95. The summed E-state index contributed by atoms with van der Waals surface area (Å²) in [6.07, 6.45) is 1.95. The Kier molecular flexibility index (Phi) is 2.34. The Hall–Kier alpha value is -1.20. The molecule has 4 atom stereocenters. The predicted molar refractivity (Wildman–Crippen MR) is 66.8 cm³/mol. The van der Waals surface area contributed by atoms with Gasteiger partial charge < -0.3 is 16.0 Å². The van der Waals surface area contributed by atoms with Gasteiger partial charge >= 0.3 is 0 Å². The molecular formula is C12H19N5. The molecule has 0 spiro atoms. The molecule has 17 heavy (non-hydrogen) atoms. The van der Waals surface area contributed by atoms with Gasteiger partial charge in [-0.2, -0.15) is 0 Å². The Morgan fingerprint density at radius 3 is 2.82 bits per heavy atom. The standard InChI is InChI=1S/C12H19N5/c1-6-14-5-8(12(16-6)17(2)3)11-9-7(4-15-11)10(9)13/h5,7,9-11,15H,4,13H2,1-3H3. The average molecular weight is 233 g/mol. The average Bonchev–Trinajstić information content (AvgIpc) is 2.75. The largest absolute Gasteiger partial charge is 0.362 e. The zero-order valence-corrected chi connectivity index (χ0v) is 10.5. The van der Waals surface area contributed by atoms with Gasteiger partial charge in [-0.05, 0) is 18.8 Å². The third-order valence-corrected chi connectivity index (χ3v) is 3.93. The molecule has 5 heteroatoms. The van der Waals surface area contributed by atoms with Gasteiger partial charge in [0.2, 0.25) is 0 Å². The van der Waals surface area contributed by atoms with Crippen molar-refractivity contribution in [1.29, 1.82) is 0 Å². The lowest BCUT2D eigenvalue weighted by Gasteiger charge is -2.22. The Labute approximate surface area is 101 Å². The van der Waals surface area contributed by atoms with E-state index in [0.29, 0.717) is 23.9 Å². The number of aryl methyl sites for hydroxylation is 1. The molecule has 2 aliphatic rings. The molecule has 1 saturated heterocycles. The summed E-state index contributed by atoms with van der Waals surface area (Å²) in [7, 11) is 4.04. The molecule has 0 aromatic carbocycles. The number of anilines is 1. The van der Waals surface area contributed by atoms with Gasteiger partial charge in [0.15, 0.2) is 0 Å². The molecule has 1 aromatic heterocycles. The summed E-state index contributed by atoms with van der Waals surface area (Å²) in [4.78, 5) is 10.9. The van der Waals surface area contributed by atoms with E-state index < -0.39 is 0 Å². The normalized spacial score (nSPS) is 34.6. The maximum atomic E-state index is 6.06. The van der Waals surface area contributed by atoms with Crippen LogP contribution in [0.15, 0.2) is 6.20 Å². The highest BCUT2D eigenvalue weighted by molar-refractivity contribution is 5.48. The molecule has 0 bridgehead atoms. The van der Waals surface area contributed by atoms with Crippen LogP contribution in [0.1, 0.15) is 17.4 Å². The highest BCUT2D eigenvalue weighted by Gasteiger charge is 2.57. The Bertz CT molecular complexity index is 445. The number of hydrogen-bond acceptors (Lipinski definition) is 5. The van der Waals surface area contributed by atoms with Gasteiger partial charge in [0.05, 0.1) is 0 Å². The van der Waals surface area contributed by atoms with Crippen LogP contribution in [0.2, 0.25) is 0 Å². The van der Waals surface area contributed by atoms with Crippen molar-refractivity contribution in [2.45, 2.75) is 19.0 Å². The summed E-state index contributed by atoms with van der Waals surface area (Å²) >= 11 is 0. The van der Waals surface area contributed by atoms with Crippen molar-refractivity contribution in [1.82, 2.24) is 15.3 Å². The van der Waals surface area contributed by atoms with Crippen LogP contribution in [0, 0.1) is 18.8 Å². The first-order valence-electron chi connectivity index (χ1n) is 6.09. The molecule has 2 heterocycles. The van der Waals surface area contributed by atoms with Crippen molar-refractivity contribution < 1.29 is 0 Å². The summed E-state index contributed by atoms with van der Waals surface area (Å²) < 4.78 is 0. The van der Waals surface area contributed by atoms with Gasteiger partial charge in [-0.1, -0.05) is 0 Å². The highest BCUT2D eigenvalue weighted by atomic mass is 15.2. The number of nitrogens with zero attached hydrogens (tertiary/aromatic N) is 3. The van der Waals surface area contributed by atoms with E-state index in [9.17, 15) is 0 Å². The number of fused-ring (bicyclic) bond motifs is 1. The van der Waals surface area contributed by atoms with Crippen LogP contribution in [0.3, 0.4) is 0 Å². The fourth-order valence-electron chi connectivity index (χ4n) is 2.93. The molecule has 1 aromatic rings. The van der Waals surface area contributed by atoms with Crippen molar-refractivity contribution in [3.63, 3.8) is 0 Å². The lowest BCUT2D eigenvalue weighted by atomic mass is 10.1. The van der Waals surface area contributed by atoms with Crippen molar-refractivity contribution >= 4 is 5.82 Å². The fraction of sp³-hybridized carbons (Fsp3) is 0.667. The van der Waals surface area contributed by atoms with Crippen LogP contribution in [0.4, 0.5) is 5.82 Å². The van der Waals surface area contributed by atoms with Crippen LogP contribution in [0.25, 0.3) is 0 Å². The maximum Gasteiger partial charge on any atom is 0.136 e. The second-order valence-corrected chi connectivity index (χ2v) is 5.30. The van der Waals surface area contributed by atoms with Crippen LogP contribution >= 0.6 is 0 Å². The lowest BCUT2D eigenvalue weighted by Crippen LogP contribution is -2.28. The number of nitrogens with two attached hydrogens (primary N) is 1. The van der Waals surface area contributed by atoms with E-state index in [2.05, 4.69) is 15.3 Å². The third-order valence-electron chi connectivity index (χ3n) is 3.93. The molecule has 5 nitrogen and oxygen atoms in total. The number of piperidine rings is 1. The molecule has 0 amide bonds. The predicted octanol–water partition coefficient (Wildman–Crippen LogP) is 0.0686. The van der Waals surface area contributed by atoms with E-state index in [-0.39, 0.29) is 0 Å². The Morgan fingerprint density at radius 1 is 1.47 bits per heavy atom. The van der Waals surface area contributed by atoms with Gasteiger partial charge in [0.25, 0.3) is 0 Å². The molecule has 2 fully saturated rings. The fourth-order valence-corrected chi connectivity index (χ4v) is 2.93. The van der Waals surface area contributed by atoms with E-state index in [4.69, 9.17) is 5.73 Å². The topological polar surface area (TPSA) is 67.1 Å². The summed E-state index contributed by atoms with van der Waals surface area (Å²) in [5.74, 6) is 3.04. The molecule has 1 aliphatic heterocycles. The van der Waals surface area contributed by atoms with Crippen LogP contribution in [-0.4, -0.2) is 36.6 Å².